The first-order valence-electron chi connectivity index (χ1n) is 7.82. The fraction of sp³-hybridized carbons (Fsp3) is 0.867. The van der Waals surface area contributed by atoms with Crippen LogP contribution < -0.4 is 10.6 Å². The molecule has 3 N–H and O–H groups in total. The molecule has 1 heterocycles. The standard InChI is InChI=1S/C15H29N3O3/c1-11(2)7-12(8-14(19)20)9-16-15(21)17-10-13-5-4-6-18(13)3/h11-13H,4-10H2,1-3H3,(H,19,20)(H2,16,17,21). The van der Waals surface area contributed by atoms with Crippen LogP contribution in [0.1, 0.15) is 39.5 Å². The number of amides is 2. The molecule has 1 saturated heterocycles. The SMILES string of the molecule is CC(C)CC(CNC(=O)NCC1CCCN1C)CC(=O)O. The predicted octanol–water partition coefficient (Wildman–Crippen LogP) is 1.52. The van der Waals surface area contributed by atoms with Crippen molar-refractivity contribution < 1.29 is 14.7 Å². The minimum absolute atomic E-state index is 0.0117. The van der Waals surface area contributed by atoms with Gasteiger partial charge in [0.2, 0.25) is 0 Å². The molecule has 1 aliphatic heterocycles. The van der Waals surface area contributed by atoms with Gasteiger partial charge in [0.25, 0.3) is 0 Å². The van der Waals surface area contributed by atoms with Crippen LogP contribution in [0.3, 0.4) is 0 Å². The van der Waals surface area contributed by atoms with Gasteiger partial charge in [0.1, 0.15) is 0 Å². The van der Waals surface area contributed by atoms with Crippen molar-refractivity contribution in [2.45, 2.75) is 45.6 Å². The average molecular weight is 299 g/mol. The smallest absolute Gasteiger partial charge is 0.314 e. The predicted molar refractivity (Wildman–Crippen MR) is 82.3 cm³/mol. The number of rotatable bonds is 8. The summed E-state index contributed by atoms with van der Waals surface area (Å²) in [6, 6.07) is 0.218. The van der Waals surface area contributed by atoms with Gasteiger partial charge in [-0.1, -0.05) is 13.8 Å². The van der Waals surface area contributed by atoms with Crippen molar-refractivity contribution in [3.05, 3.63) is 0 Å². The van der Waals surface area contributed by atoms with Crippen molar-refractivity contribution in [3.8, 4) is 0 Å². The molecule has 0 aliphatic carbocycles. The fourth-order valence-corrected chi connectivity index (χ4v) is 2.90. The third kappa shape index (κ3) is 7.32. The van der Waals surface area contributed by atoms with E-state index in [0.717, 1.165) is 19.4 Å². The van der Waals surface area contributed by atoms with Crippen LogP contribution in [0.5, 0.6) is 0 Å². The molecule has 0 aromatic heterocycles. The largest absolute Gasteiger partial charge is 0.481 e. The zero-order chi connectivity index (χ0) is 15.8. The van der Waals surface area contributed by atoms with Gasteiger partial charge in [-0.05, 0) is 44.7 Å². The molecule has 6 nitrogen and oxygen atoms in total. The second-order valence-corrected chi connectivity index (χ2v) is 6.46. The molecular formula is C15H29N3O3. The number of carboxylic acid groups (broad SMARTS) is 1. The van der Waals surface area contributed by atoms with E-state index in [4.69, 9.17) is 5.11 Å². The van der Waals surface area contributed by atoms with Gasteiger partial charge < -0.3 is 20.6 Å². The summed E-state index contributed by atoms with van der Waals surface area (Å²) in [7, 11) is 2.07. The van der Waals surface area contributed by atoms with Gasteiger partial charge >= 0.3 is 12.0 Å². The highest BCUT2D eigenvalue weighted by Gasteiger charge is 2.21. The zero-order valence-corrected chi connectivity index (χ0v) is 13.4. The Balaban J connectivity index is 2.26. The van der Waals surface area contributed by atoms with Crippen LogP contribution in [0.25, 0.3) is 0 Å². The van der Waals surface area contributed by atoms with E-state index < -0.39 is 5.97 Å². The minimum Gasteiger partial charge on any atom is -0.481 e. The highest BCUT2D eigenvalue weighted by atomic mass is 16.4. The van der Waals surface area contributed by atoms with E-state index in [1.54, 1.807) is 0 Å². The van der Waals surface area contributed by atoms with Crippen LogP contribution in [0.15, 0.2) is 0 Å². The molecule has 122 valence electrons. The van der Waals surface area contributed by atoms with E-state index in [2.05, 4.69) is 36.4 Å². The van der Waals surface area contributed by atoms with Gasteiger partial charge in [0, 0.05) is 25.6 Å². The van der Waals surface area contributed by atoms with E-state index in [0.29, 0.717) is 25.0 Å². The number of urea groups is 1. The Morgan fingerprint density at radius 3 is 2.57 bits per heavy atom. The lowest BCUT2D eigenvalue weighted by atomic mass is 9.94. The summed E-state index contributed by atoms with van der Waals surface area (Å²) in [5, 5.41) is 14.6. The Morgan fingerprint density at radius 1 is 1.33 bits per heavy atom. The van der Waals surface area contributed by atoms with Crippen LogP contribution in [-0.2, 0) is 4.79 Å². The van der Waals surface area contributed by atoms with E-state index in [1.165, 1.54) is 6.42 Å². The van der Waals surface area contributed by atoms with Crippen molar-refractivity contribution in [2.24, 2.45) is 11.8 Å². The molecule has 0 radical (unpaired) electrons. The van der Waals surface area contributed by atoms with Crippen molar-refractivity contribution >= 4 is 12.0 Å². The van der Waals surface area contributed by atoms with Gasteiger partial charge in [0.15, 0.2) is 0 Å². The van der Waals surface area contributed by atoms with Crippen LogP contribution >= 0.6 is 0 Å². The Hall–Kier alpha value is -1.30. The molecule has 6 heteroatoms. The molecule has 0 saturated carbocycles. The highest BCUT2D eigenvalue weighted by Crippen LogP contribution is 2.15. The van der Waals surface area contributed by atoms with Gasteiger partial charge in [-0.15, -0.1) is 0 Å². The van der Waals surface area contributed by atoms with E-state index in [-0.39, 0.29) is 18.4 Å². The van der Waals surface area contributed by atoms with Crippen molar-refractivity contribution in [1.82, 2.24) is 15.5 Å². The third-order valence-electron chi connectivity index (χ3n) is 3.99. The number of nitrogens with one attached hydrogen (secondary N) is 2. The number of nitrogens with zero attached hydrogens (tertiary/aromatic N) is 1. The first-order chi connectivity index (χ1) is 9.88. The number of carbonyl (C=O) groups excluding carboxylic acids is 1. The molecule has 1 fully saturated rings. The number of hydrogen-bond acceptors (Lipinski definition) is 3. The maximum atomic E-state index is 11.8. The summed E-state index contributed by atoms with van der Waals surface area (Å²) < 4.78 is 0. The van der Waals surface area contributed by atoms with Gasteiger partial charge in [-0.25, -0.2) is 4.79 Å². The Morgan fingerprint density at radius 2 is 2.05 bits per heavy atom. The van der Waals surface area contributed by atoms with Crippen LogP contribution in [0, 0.1) is 11.8 Å². The molecule has 2 atom stereocenters. The van der Waals surface area contributed by atoms with E-state index in [9.17, 15) is 9.59 Å². The summed E-state index contributed by atoms with van der Waals surface area (Å²) >= 11 is 0. The van der Waals surface area contributed by atoms with Crippen LogP contribution in [-0.4, -0.2) is 54.7 Å². The molecule has 0 aromatic carbocycles. The summed E-state index contributed by atoms with van der Waals surface area (Å²) in [6.07, 6.45) is 3.20. The molecular weight excluding hydrogens is 270 g/mol. The third-order valence-corrected chi connectivity index (χ3v) is 3.99. The molecule has 0 aromatic rings. The molecule has 1 aliphatic rings. The number of carbonyl (C=O) groups is 2. The van der Waals surface area contributed by atoms with Crippen LogP contribution in [0.4, 0.5) is 4.79 Å². The number of hydrogen-bond donors (Lipinski definition) is 3. The van der Waals surface area contributed by atoms with Crippen molar-refractivity contribution in [1.29, 1.82) is 0 Å². The normalized spacial score (nSPS) is 20.5. The summed E-state index contributed by atoms with van der Waals surface area (Å²) in [6.45, 7) is 6.27. The Kier molecular flexibility index (Phi) is 7.50. The topological polar surface area (TPSA) is 81.7 Å². The molecule has 0 spiro atoms. The van der Waals surface area contributed by atoms with Crippen molar-refractivity contribution in [3.63, 3.8) is 0 Å². The monoisotopic (exact) mass is 299 g/mol. The Labute approximate surface area is 127 Å². The molecule has 21 heavy (non-hydrogen) atoms. The first kappa shape index (κ1) is 17.8. The lowest BCUT2D eigenvalue weighted by molar-refractivity contribution is -0.138. The van der Waals surface area contributed by atoms with Crippen molar-refractivity contribution in [2.75, 3.05) is 26.7 Å². The Bertz CT molecular complexity index is 347. The summed E-state index contributed by atoms with van der Waals surface area (Å²) in [5.41, 5.74) is 0. The minimum atomic E-state index is -0.810. The highest BCUT2D eigenvalue weighted by molar-refractivity contribution is 5.74. The quantitative estimate of drug-likeness (QED) is 0.634. The molecule has 2 unspecified atom stereocenters. The maximum absolute atomic E-state index is 11.8. The maximum Gasteiger partial charge on any atom is 0.314 e. The number of aliphatic carboxylic acids is 1. The lowest BCUT2D eigenvalue weighted by Gasteiger charge is -2.21. The summed E-state index contributed by atoms with van der Waals surface area (Å²) in [5.74, 6) is -0.399. The van der Waals surface area contributed by atoms with Crippen LogP contribution in [0.2, 0.25) is 0 Å². The van der Waals surface area contributed by atoms with Gasteiger partial charge in [0.05, 0.1) is 0 Å². The number of likely N-dealkylation sites (tertiary alicyclic amines) is 1. The lowest BCUT2D eigenvalue weighted by Crippen LogP contribution is -2.44. The zero-order valence-electron chi connectivity index (χ0n) is 13.4. The van der Waals surface area contributed by atoms with Gasteiger partial charge in [-0.3, -0.25) is 4.79 Å². The molecule has 1 rings (SSSR count). The fourth-order valence-electron chi connectivity index (χ4n) is 2.90. The van der Waals surface area contributed by atoms with E-state index >= 15 is 0 Å². The second kappa shape index (κ2) is 8.87. The second-order valence-electron chi connectivity index (χ2n) is 6.46. The van der Waals surface area contributed by atoms with Gasteiger partial charge in [-0.2, -0.15) is 0 Å². The number of carboxylic acids is 1. The molecule has 2 amide bonds. The number of likely N-dealkylation sites (N-methyl/N-ethyl adjacent to an activating group) is 1. The average Bonchev–Trinajstić information content (AvgIpc) is 2.77. The molecule has 0 bridgehead atoms. The van der Waals surface area contributed by atoms with E-state index in [1.807, 2.05) is 0 Å². The summed E-state index contributed by atoms with van der Waals surface area (Å²) in [4.78, 5) is 24.9. The first-order valence-corrected chi connectivity index (χ1v) is 7.82.